The molecule has 2 aromatic rings. The molecular formula is C18H23NOS. The molecular weight excluding hydrogens is 278 g/mol. The summed E-state index contributed by atoms with van der Waals surface area (Å²) in [6.07, 6.45) is 0. The zero-order valence-electron chi connectivity index (χ0n) is 13.2. The van der Waals surface area contributed by atoms with Gasteiger partial charge in [0.1, 0.15) is 0 Å². The van der Waals surface area contributed by atoms with Crippen LogP contribution in [0.15, 0.2) is 35.1 Å². The average Bonchev–Trinajstić information content (AvgIpc) is 2.44. The molecule has 1 heterocycles. The molecule has 0 atom stereocenters. The zero-order valence-corrected chi connectivity index (χ0v) is 14.1. The van der Waals surface area contributed by atoms with Crippen molar-refractivity contribution in [2.45, 2.75) is 40.0 Å². The Hall–Kier alpha value is -1.48. The topological polar surface area (TPSA) is 22.0 Å². The molecule has 0 aliphatic carbocycles. The average molecular weight is 301 g/mol. The molecule has 3 heteroatoms. The molecule has 0 fully saturated rings. The predicted octanol–water partition coefficient (Wildman–Crippen LogP) is 4.22. The van der Waals surface area contributed by atoms with Crippen LogP contribution in [0.1, 0.15) is 30.5 Å². The Labute approximate surface area is 132 Å². The molecule has 0 N–H and O–H groups in total. The van der Waals surface area contributed by atoms with Gasteiger partial charge in [0.15, 0.2) is 0 Å². The minimum Gasteiger partial charge on any atom is -0.308 e. The number of hydrogen-bond acceptors (Lipinski definition) is 2. The lowest BCUT2D eigenvalue weighted by atomic mass is 10.0. The van der Waals surface area contributed by atoms with Gasteiger partial charge in [-0.05, 0) is 48.6 Å². The third kappa shape index (κ3) is 3.41. The first kappa shape index (κ1) is 15.9. The lowest BCUT2D eigenvalue weighted by Gasteiger charge is -2.17. The van der Waals surface area contributed by atoms with Crippen LogP contribution in [-0.4, -0.2) is 4.57 Å². The summed E-state index contributed by atoms with van der Waals surface area (Å²) in [6.45, 7) is 9.19. The van der Waals surface area contributed by atoms with Gasteiger partial charge in [0, 0.05) is 17.9 Å². The van der Waals surface area contributed by atoms with Gasteiger partial charge in [0.05, 0.1) is 5.69 Å². The molecule has 0 saturated carbocycles. The highest BCUT2D eigenvalue weighted by molar-refractivity contribution is 7.79. The number of pyridine rings is 1. The Kier molecular flexibility index (Phi) is 4.94. The van der Waals surface area contributed by atoms with E-state index in [1.807, 2.05) is 16.7 Å². The van der Waals surface area contributed by atoms with Crippen LogP contribution in [0, 0.1) is 19.8 Å². The Balaban J connectivity index is 2.64. The van der Waals surface area contributed by atoms with Gasteiger partial charge in [-0.3, -0.25) is 4.79 Å². The van der Waals surface area contributed by atoms with Crippen molar-refractivity contribution >= 4 is 12.6 Å². The molecule has 0 aliphatic heterocycles. The first-order valence-corrected chi connectivity index (χ1v) is 7.98. The molecule has 0 amide bonds. The Morgan fingerprint density at radius 3 is 2.38 bits per heavy atom. The standard InChI is InChI=1S/C18H23NOS/c1-12(2)10-19-17(8-7-16(11-21)18(19)20)15-6-5-13(3)14(4)9-15/h5-9,12,21H,10-11H2,1-4H3. The summed E-state index contributed by atoms with van der Waals surface area (Å²) in [5.74, 6) is 0.896. The summed E-state index contributed by atoms with van der Waals surface area (Å²) in [7, 11) is 0. The van der Waals surface area contributed by atoms with Crippen LogP contribution >= 0.6 is 12.6 Å². The molecule has 2 rings (SSSR count). The van der Waals surface area contributed by atoms with Crippen LogP contribution in [0.3, 0.4) is 0 Å². The minimum atomic E-state index is 0.0782. The molecule has 1 aromatic heterocycles. The molecule has 112 valence electrons. The number of aromatic nitrogens is 1. The van der Waals surface area contributed by atoms with Gasteiger partial charge < -0.3 is 4.57 Å². The van der Waals surface area contributed by atoms with Crippen molar-refractivity contribution in [1.29, 1.82) is 0 Å². The van der Waals surface area contributed by atoms with E-state index in [4.69, 9.17) is 0 Å². The smallest absolute Gasteiger partial charge is 0.255 e. The van der Waals surface area contributed by atoms with Crippen molar-refractivity contribution in [2.75, 3.05) is 0 Å². The van der Waals surface area contributed by atoms with Gasteiger partial charge in [-0.2, -0.15) is 12.6 Å². The molecule has 0 aliphatic rings. The van der Waals surface area contributed by atoms with Crippen LogP contribution < -0.4 is 5.56 Å². The summed E-state index contributed by atoms with van der Waals surface area (Å²) in [5, 5.41) is 0. The third-order valence-corrected chi connectivity index (χ3v) is 4.11. The van der Waals surface area contributed by atoms with Crippen molar-refractivity contribution in [2.24, 2.45) is 5.92 Å². The predicted molar refractivity (Wildman–Crippen MR) is 93.1 cm³/mol. The van der Waals surface area contributed by atoms with Crippen LogP contribution in [0.25, 0.3) is 11.3 Å². The molecule has 0 saturated heterocycles. The lowest BCUT2D eigenvalue weighted by Crippen LogP contribution is -2.26. The van der Waals surface area contributed by atoms with E-state index < -0.39 is 0 Å². The summed E-state index contributed by atoms with van der Waals surface area (Å²) < 4.78 is 1.89. The monoisotopic (exact) mass is 301 g/mol. The number of thiol groups is 1. The summed E-state index contributed by atoms with van der Waals surface area (Å²) in [4.78, 5) is 12.6. The number of rotatable bonds is 4. The molecule has 21 heavy (non-hydrogen) atoms. The highest BCUT2D eigenvalue weighted by atomic mass is 32.1. The van der Waals surface area contributed by atoms with Crippen molar-refractivity contribution in [3.8, 4) is 11.3 Å². The first-order chi connectivity index (χ1) is 9.93. The molecule has 2 nitrogen and oxygen atoms in total. The summed E-state index contributed by atoms with van der Waals surface area (Å²) >= 11 is 4.26. The third-order valence-electron chi connectivity index (χ3n) is 3.77. The second kappa shape index (κ2) is 6.52. The van der Waals surface area contributed by atoms with Crippen molar-refractivity contribution in [3.63, 3.8) is 0 Å². The van der Waals surface area contributed by atoms with E-state index in [0.717, 1.165) is 23.4 Å². The summed E-state index contributed by atoms with van der Waals surface area (Å²) in [6, 6.07) is 10.3. The minimum absolute atomic E-state index is 0.0782. The maximum Gasteiger partial charge on any atom is 0.255 e. The fraction of sp³-hybridized carbons (Fsp3) is 0.389. The van der Waals surface area contributed by atoms with E-state index in [1.54, 1.807) is 0 Å². The van der Waals surface area contributed by atoms with Gasteiger partial charge in [-0.25, -0.2) is 0 Å². The highest BCUT2D eigenvalue weighted by Crippen LogP contribution is 2.22. The Morgan fingerprint density at radius 2 is 1.81 bits per heavy atom. The molecule has 0 radical (unpaired) electrons. The quantitative estimate of drug-likeness (QED) is 0.839. The van der Waals surface area contributed by atoms with E-state index in [-0.39, 0.29) is 5.56 Å². The highest BCUT2D eigenvalue weighted by Gasteiger charge is 2.11. The maximum atomic E-state index is 12.6. The molecule has 0 spiro atoms. The lowest BCUT2D eigenvalue weighted by molar-refractivity contribution is 0.513. The number of hydrogen-bond donors (Lipinski definition) is 1. The number of aryl methyl sites for hydroxylation is 2. The largest absolute Gasteiger partial charge is 0.308 e. The van der Waals surface area contributed by atoms with Crippen molar-refractivity contribution < 1.29 is 0 Å². The van der Waals surface area contributed by atoms with E-state index in [9.17, 15) is 4.79 Å². The van der Waals surface area contributed by atoms with E-state index >= 15 is 0 Å². The second-order valence-electron chi connectivity index (χ2n) is 6.01. The van der Waals surface area contributed by atoms with E-state index in [2.05, 4.69) is 58.5 Å². The van der Waals surface area contributed by atoms with Gasteiger partial charge in [-0.1, -0.05) is 32.0 Å². The first-order valence-electron chi connectivity index (χ1n) is 7.35. The molecule has 0 bridgehead atoms. The van der Waals surface area contributed by atoms with Gasteiger partial charge >= 0.3 is 0 Å². The fourth-order valence-electron chi connectivity index (χ4n) is 2.44. The van der Waals surface area contributed by atoms with Crippen LogP contribution in [0.5, 0.6) is 0 Å². The Bertz CT molecular complexity index is 701. The normalized spacial score (nSPS) is 11.1. The number of benzene rings is 1. The molecule has 1 aromatic carbocycles. The van der Waals surface area contributed by atoms with Gasteiger partial charge in [-0.15, -0.1) is 0 Å². The van der Waals surface area contributed by atoms with Crippen molar-refractivity contribution in [1.82, 2.24) is 4.57 Å². The van der Waals surface area contributed by atoms with Gasteiger partial charge in [0.2, 0.25) is 0 Å². The number of nitrogens with zero attached hydrogens (tertiary/aromatic N) is 1. The Morgan fingerprint density at radius 1 is 1.10 bits per heavy atom. The zero-order chi connectivity index (χ0) is 15.6. The van der Waals surface area contributed by atoms with Crippen LogP contribution in [0.2, 0.25) is 0 Å². The van der Waals surface area contributed by atoms with E-state index in [1.165, 1.54) is 11.1 Å². The van der Waals surface area contributed by atoms with Crippen molar-refractivity contribution in [3.05, 3.63) is 57.4 Å². The molecule has 0 unspecified atom stereocenters. The SMILES string of the molecule is Cc1ccc(-c2ccc(CS)c(=O)n2CC(C)C)cc1C. The van der Waals surface area contributed by atoms with Crippen LogP contribution in [0.4, 0.5) is 0 Å². The van der Waals surface area contributed by atoms with Crippen LogP contribution in [-0.2, 0) is 12.3 Å². The maximum absolute atomic E-state index is 12.6. The van der Waals surface area contributed by atoms with Gasteiger partial charge in [0.25, 0.3) is 5.56 Å². The van der Waals surface area contributed by atoms with E-state index in [0.29, 0.717) is 11.7 Å². The summed E-state index contributed by atoms with van der Waals surface area (Å²) in [5.41, 5.74) is 5.43. The second-order valence-corrected chi connectivity index (χ2v) is 6.33. The fourth-order valence-corrected chi connectivity index (χ4v) is 2.68.